The van der Waals surface area contributed by atoms with Crippen LogP contribution in [0.15, 0.2) is 29.6 Å². The first-order valence-electron chi connectivity index (χ1n) is 7.73. The van der Waals surface area contributed by atoms with Crippen LogP contribution >= 0.6 is 11.3 Å². The number of hydrogen-bond acceptors (Lipinski definition) is 5. The highest BCUT2D eigenvalue weighted by Crippen LogP contribution is 2.24. The zero-order chi connectivity index (χ0) is 18.0. The highest BCUT2D eigenvalue weighted by molar-refractivity contribution is 7.17. The number of fused-ring (bicyclic) bond motifs is 1. The summed E-state index contributed by atoms with van der Waals surface area (Å²) in [5, 5.41) is 13.8. The summed E-state index contributed by atoms with van der Waals surface area (Å²) in [6.07, 6.45) is 0.0809. The average molecular weight is 360 g/mol. The first-order valence-corrected chi connectivity index (χ1v) is 8.61. The Kier molecular flexibility index (Phi) is 4.80. The standard InChI is InChI=1S/C17H16N2O5S/c20-12-3-5-19(17(24)15(12)16(23)18-8-14(21)22)9-10-1-2-13-11(7-10)4-6-25-13/h1-2,4,6-7,15H,3,5,8-9H2,(H,18,23)(H,21,22). The van der Waals surface area contributed by atoms with Crippen molar-refractivity contribution in [1.29, 1.82) is 0 Å². The second-order valence-electron chi connectivity index (χ2n) is 5.81. The average Bonchev–Trinajstić information content (AvgIpc) is 3.03. The third kappa shape index (κ3) is 3.69. The molecule has 25 heavy (non-hydrogen) atoms. The van der Waals surface area contributed by atoms with Crippen molar-refractivity contribution in [3.05, 3.63) is 35.2 Å². The third-order valence-corrected chi connectivity index (χ3v) is 4.97. The van der Waals surface area contributed by atoms with E-state index in [2.05, 4.69) is 5.32 Å². The lowest BCUT2D eigenvalue weighted by molar-refractivity contribution is -0.152. The molecular weight excluding hydrogens is 344 g/mol. The number of carbonyl (C=O) groups excluding carboxylic acids is 3. The van der Waals surface area contributed by atoms with Crippen LogP contribution in [0.4, 0.5) is 0 Å². The van der Waals surface area contributed by atoms with E-state index < -0.39 is 36.0 Å². The Bertz CT molecular complexity index is 860. The maximum absolute atomic E-state index is 12.5. The molecule has 0 bridgehead atoms. The van der Waals surface area contributed by atoms with E-state index in [-0.39, 0.29) is 13.0 Å². The van der Waals surface area contributed by atoms with E-state index in [1.54, 1.807) is 11.3 Å². The lowest BCUT2D eigenvalue weighted by Gasteiger charge is -2.30. The van der Waals surface area contributed by atoms with Gasteiger partial charge in [-0.15, -0.1) is 11.3 Å². The number of nitrogens with zero attached hydrogens (tertiary/aromatic N) is 1. The van der Waals surface area contributed by atoms with Crippen molar-refractivity contribution in [2.75, 3.05) is 13.1 Å². The van der Waals surface area contributed by atoms with Gasteiger partial charge in [0.25, 0.3) is 0 Å². The van der Waals surface area contributed by atoms with E-state index in [9.17, 15) is 19.2 Å². The number of ketones is 1. The number of piperidine rings is 1. The lowest BCUT2D eigenvalue weighted by atomic mass is 9.94. The summed E-state index contributed by atoms with van der Waals surface area (Å²) in [4.78, 5) is 48.6. The predicted molar refractivity (Wildman–Crippen MR) is 91.0 cm³/mol. The minimum atomic E-state index is -1.46. The van der Waals surface area contributed by atoms with Crippen molar-refractivity contribution in [3.8, 4) is 0 Å². The second-order valence-corrected chi connectivity index (χ2v) is 6.76. The van der Waals surface area contributed by atoms with Gasteiger partial charge in [-0.2, -0.15) is 0 Å². The minimum absolute atomic E-state index is 0.0809. The number of amides is 2. The zero-order valence-corrected chi connectivity index (χ0v) is 14.0. The Morgan fingerprint density at radius 3 is 2.84 bits per heavy atom. The molecule has 1 atom stereocenters. The molecule has 1 aliphatic heterocycles. The monoisotopic (exact) mass is 360 g/mol. The maximum atomic E-state index is 12.5. The normalized spacial score (nSPS) is 17.8. The van der Waals surface area contributed by atoms with Crippen molar-refractivity contribution in [2.45, 2.75) is 13.0 Å². The molecule has 130 valence electrons. The molecule has 2 N–H and O–H groups in total. The van der Waals surface area contributed by atoms with E-state index in [1.807, 2.05) is 29.6 Å². The quantitative estimate of drug-likeness (QED) is 0.775. The fraction of sp³-hybridized carbons (Fsp3) is 0.294. The number of likely N-dealkylation sites (tertiary alicyclic amines) is 1. The maximum Gasteiger partial charge on any atom is 0.322 e. The van der Waals surface area contributed by atoms with Gasteiger partial charge in [0, 0.05) is 24.2 Å². The smallest absolute Gasteiger partial charge is 0.322 e. The van der Waals surface area contributed by atoms with Crippen molar-refractivity contribution >= 4 is 45.0 Å². The van der Waals surface area contributed by atoms with Crippen molar-refractivity contribution in [3.63, 3.8) is 0 Å². The molecule has 8 heteroatoms. The second kappa shape index (κ2) is 7.02. The number of carbonyl (C=O) groups is 4. The first-order chi connectivity index (χ1) is 12.0. The Hall–Kier alpha value is -2.74. The molecular formula is C17H16N2O5S. The molecule has 2 heterocycles. The van der Waals surface area contributed by atoms with Crippen molar-refractivity contribution in [1.82, 2.24) is 10.2 Å². The summed E-state index contributed by atoms with van der Waals surface area (Å²) in [6, 6.07) is 7.87. The number of Topliss-reactive ketones (excluding diaryl/α,β-unsaturated/α-hetero) is 1. The number of carboxylic acids is 1. The zero-order valence-electron chi connectivity index (χ0n) is 13.2. The largest absolute Gasteiger partial charge is 0.480 e. The highest BCUT2D eigenvalue weighted by Gasteiger charge is 2.40. The molecule has 0 radical (unpaired) electrons. The molecule has 1 aromatic heterocycles. The molecule has 2 aromatic rings. The molecule has 0 saturated carbocycles. The fourth-order valence-corrected chi connectivity index (χ4v) is 3.61. The number of rotatable bonds is 5. The van der Waals surface area contributed by atoms with Crippen LogP contribution in [0.25, 0.3) is 10.1 Å². The van der Waals surface area contributed by atoms with Crippen LogP contribution in [0.3, 0.4) is 0 Å². The van der Waals surface area contributed by atoms with E-state index in [4.69, 9.17) is 5.11 Å². The molecule has 1 aromatic carbocycles. The Morgan fingerprint density at radius 1 is 1.28 bits per heavy atom. The number of carboxylic acid groups (broad SMARTS) is 1. The lowest BCUT2D eigenvalue weighted by Crippen LogP contribution is -2.52. The van der Waals surface area contributed by atoms with E-state index >= 15 is 0 Å². The van der Waals surface area contributed by atoms with E-state index in [0.29, 0.717) is 6.54 Å². The van der Waals surface area contributed by atoms with Crippen LogP contribution in [0, 0.1) is 5.92 Å². The van der Waals surface area contributed by atoms with Crippen LogP contribution in [0.5, 0.6) is 0 Å². The summed E-state index contributed by atoms with van der Waals surface area (Å²) in [7, 11) is 0. The van der Waals surface area contributed by atoms with E-state index in [0.717, 1.165) is 15.6 Å². The summed E-state index contributed by atoms with van der Waals surface area (Å²) >= 11 is 1.63. The van der Waals surface area contributed by atoms with Crippen molar-refractivity contribution < 1.29 is 24.3 Å². The SMILES string of the molecule is O=C(O)CNC(=O)C1C(=O)CCN(Cc2ccc3sccc3c2)C1=O. The van der Waals surface area contributed by atoms with Crippen LogP contribution in [0.2, 0.25) is 0 Å². The Balaban J connectivity index is 1.73. The summed E-state index contributed by atoms with van der Waals surface area (Å²) < 4.78 is 1.15. The first kappa shape index (κ1) is 17.1. The summed E-state index contributed by atoms with van der Waals surface area (Å²) in [5.74, 6) is -4.60. The van der Waals surface area contributed by atoms with Gasteiger partial charge in [0.1, 0.15) is 6.54 Å². The number of hydrogen-bond donors (Lipinski definition) is 2. The van der Waals surface area contributed by atoms with Gasteiger partial charge in [-0.3, -0.25) is 19.2 Å². The molecule has 7 nitrogen and oxygen atoms in total. The van der Waals surface area contributed by atoms with Gasteiger partial charge in [0.05, 0.1) is 0 Å². The van der Waals surface area contributed by atoms with Crippen molar-refractivity contribution in [2.24, 2.45) is 5.92 Å². The van der Waals surface area contributed by atoms with Crippen LogP contribution < -0.4 is 5.32 Å². The van der Waals surface area contributed by atoms with Crippen LogP contribution in [-0.4, -0.2) is 46.7 Å². The minimum Gasteiger partial charge on any atom is -0.480 e. The molecule has 0 spiro atoms. The molecule has 1 aliphatic rings. The van der Waals surface area contributed by atoms with Gasteiger partial charge in [-0.05, 0) is 34.5 Å². The molecule has 1 fully saturated rings. The Morgan fingerprint density at radius 2 is 2.08 bits per heavy atom. The van der Waals surface area contributed by atoms with Gasteiger partial charge in [-0.1, -0.05) is 6.07 Å². The van der Waals surface area contributed by atoms with Gasteiger partial charge in [0.15, 0.2) is 11.7 Å². The van der Waals surface area contributed by atoms with Gasteiger partial charge < -0.3 is 15.3 Å². The van der Waals surface area contributed by atoms with Gasteiger partial charge in [0.2, 0.25) is 11.8 Å². The predicted octanol–water partition coefficient (Wildman–Crippen LogP) is 1.02. The number of nitrogens with one attached hydrogen (secondary N) is 1. The highest BCUT2D eigenvalue weighted by atomic mass is 32.1. The summed E-state index contributed by atoms with van der Waals surface area (Å²) in [6.45, 7) is -0.0621. The van der Waals surface area contributed by atoms with Gasteiger partial charge >= 0.3 is 5.97 Å². The molecule has 2 amide bonds. The molecule has 1 unspecified atom stereocenters. The fourth-order valence-electron chi connectivity index (χ4n) is 2.83. The number of aliphatic carboxylic acids is 1. The molecule has 1 saturated heterocycles. The van der Waals surface area contributed by atoms with Gasteiger partial charge in [-0.25, -0.2) is 0 Å². The van der Waals surface area contributed by atoms with Crippen LogP contribution in [0.1, 0.15) is 12.0 Å². The number of benzene rings is 1. The number of thiophene rings is 1. The molecule has 3 rings (SSSR count). The summed E-state index contributed by atoms with van der Waals surface area (Å²) in [5.41, 5.74) is 0.915. The third-order valence-electron chi connectivity index (χ3n) is 4.07. The Labute approximate surface area is 147 Å². The molecule has 0 aliphatic carbocycles. The van der Waals surface area contributed by atoms with E-state index in [1.165, 1.54) is 4.90 Å². The topological polar surface area (TPSA) is 104 Å². The van der Waals surface area contributed by atoms with Crippen LogP contribution in [-0.2, 0) is 25.7 Å².